The Kier molecular flexibility index (Phi) is 8.33. The Morgan fingerprint density at radius 2 is 1.35 bits per heavy atom. The highest BCUT2D eigenvalue weighted by molar-refractivity contribution is 6.67. The lowest BCUT2D eigenvalue weighted by Gasteiger charge is -2.31. The molecule has 0 aliphatic heterocycles. The van der Waals surface area contributed by atoms with Crippen LogP contribution in [0.4, 0.5) is 4.39 Å². The first kappa shape index (κ1) is 26.1. The molecule has 0 saturated carbocycles. The van der Waals surface area contributed by atoms with Gasteiger partial charge in [0.05, 0.1) is 13.7 Å². The van der Waals surface area contributed by atoms with Gasteiger partial charge in [0.25, 0.3) is 10.8 Å². The van der Waals surface area contributed by atoms with E-state index in [2.05, 4.69) is 0 Å². The molecule has 1 unspecified atom stereocenters. The zero-order valence-corrected chi connectivity index (χ0v) is 20.7. The largest absolute Gasteiger partial charge is 0.497 e. The fraction of sp³-hybridized carbons (Fsp3) is 0.133. The van der Waals surface area contributed by atoms with Gasteiger partial charge in [0, 0.05) is 5.56 Å². The molecule has 0 amide bonds. The second-order valence-corrected chi connectivity index (χ2v) is 8.55. The SMILES string of the molecule is COc1ccc(COC(C(=O)Cl)(C(=O)OC(c2ccccc2)c2ccccc2)c2ccc(F)cc2)cc1. The minimum atomic E-state index is -2.35. The molecule has 7 heteroatoms. The van der Waals surface area contributed by atoms with E-state index in [4.69, 9.17) is 25.8 Å². The van der Waals surface area contributed by atoms with Crippen LogP contribution >= 0.6 is 11.6 Å². The summed E-state index contributed by atoms with van der Waals surface area (Å²) in [5, 5.41) is -1.11. The van der Waals surface area contributed by atoms with E-state index < -0.39 is 28.7 Å². The Hall–Kier alpha value is -4.00. The van der Waals surface area contributed by atoms with E-state index in [-0.39, 0.29) is 12.2 Å². The molecule has 4 aromatic carbocycles. The summed E-state index contributed by atoms with van der Waals surface area (Å²) in [6, 6.07) is 29.9. The van der Waals surface area contributed by atoms with E-state index in [0.29, 0.717) is 22.4 Å². The second kappa shape index (κ2) is 11.8. The van der Waals surface area contributed by atoms with Gasteiger partial charge >= 0.3 is 5.97 Å². The van der Waals surface area contributed by atoms with Gasteiger partial charge in [-0.3, -0.25) is 4.79 Å². The van der Waals surface area contributed by atoms with Gasteiger partial charge < -0.3 is 14.2 Å². The van der Waals surface area contributed by atoms with Crippen LogP contribution in [0.5, 0.6) is 5.75 Å². The maximum atomic E-state index is 13.9. The van der Waals surface area contributed by atoms with Gasteiger partial charge in [-0.1, -0.05) is 84.9 Å². The predicted molar refractivity (Wildman–Crippen MR) is 138 cm³/mol. The van der Waals surface area contributed by atoms with E-state index >= 15 is 0 Å². The molecule has 37 heavy (non-hydrogen) atoms. The Morgan fingerprint density at radius 3 is 1.84 bits per heavy atom. The molecule has 0 saturated heterocycles. The van der Waals surface area contributed by atoms with Crippen molar-refractivity contribution < 1.29 is 28.2 Å². The minimum absolute atomic E-state index is 0.0484. The summed E-state index contributed by atoms with van der Waals surface area (Å²) in [6.07, 6.45) is -0.852. The van der Waals surface area contributed by atoms with Crippen LogP contribution in [-0.4, -0.2) is 18.3 Å². The molecule has 188 valence electrons. The summed E-state index contributed by atoms with van der Waals surface area (Å²) < 4.78 is 30.9. The fourth-order valence-electron chi connectivity index (χ4n) is 3.88. The van der Waals surface area contributed by atoms with Crippen molar-refractivity contribution in [1.82, 2.24) is 0 Å². The number of carbonyl (C=O) groups excluding carboxylic acids is 2. The third kappa shape index (κ3) is 5.88. The molecule has 4 rings (SSSR count). The summed E-state index contributed by atoms with van der Waals surface area (Å²) in [7, 11) is 1.54. The van der Waals surface area contributed by atoms with Crippen LogP contribution in [-0.2, 0) is 31.3 Å². The van der Waals surface area contributed by atoms with E-state index in [1.807, 2.05) is 60.7 Å². The van der Waals surface area contributed by atoms with Gasteiger partial charge in [0.15, 0.2) is 6.10 Å². The number of halogens is 2. The van der Waals surface area contributed by atoms with Crippen LogP contribution in [0.3, 0.4) is 0 Å². The molecule has 0 radical (unpaired) electrons. The quantitative estimate of drug-likeness (QED) is 0.139. The van der Waals surface area contributed by atoms with E-state index in [1.165, 1.54) is 12.1 Å². The Balaban J connectivity index is 1.75. The van der Waals surface area contributed by atoms with Crippen molar-refractivity contribution in [2.45, 2.75) is 18.3 Å². The number of esters is 1. The molecule has 0 aliphatic rings. The minimum Gasteiger partial charge on any atom is -0.497 e. The van der Waals surface area contributed by atoms with E-state index in [0.717, 1.165) is 12.1 Å². The van der Waals surface area contributed by atoms with Gasteiger partial charge in [-0.25, -0.2) is 9.18 Å². The Labute approximate surface area is 219 Å². The Morgan fingerprint density at radius 1 is 0.811 bits per heavy atom. The number of ether oxygens (including phenoxy) is 3. The summed E-state index contributed by atoms with van der Waals surface area (Å²) in [5.41, 5.74) is -0.274. The summed E-state index contributed by atoms with van der Waals surface area (Å²) in [4.78, 5) is 26.9. The predicted octanol–water partition coefficient (Wildman–Crippen LogP) is 6.34. The lowest BCUT2D eigenvalue weighted by Crippen LogP contribution is -2.46. The first-order valence-electron chi connectivity index (χ1n) is 11.5. The van der Waals surface area contributed by atoms with Crippen LogP contribution in [0.1, 0.15) is 28.4 Å². The summed E-state index contributed by atoms with van der Waals surface area (Å²) in [6.45, 7) is -0.156. The number of hydrogen-bond acceptors (Lipinski definition) is 5. The standard InChI is InChI=1S/C30H24ClFO5/c1-35-26-18-12-21(13-19-26)20-36-30(28(31)33,24-14-16-25(32)17-15-24)29(34)37-27(22-8-4-2-5-9-22)23-10-6-3-7-11-23/h2-19,27H,20H2,1H3. The number of benzene rings is 4. The lowest BCUT2D eigenvalue weighted by atomic mass is 9.93. The molecule has 0 aliphatic carbocycles. The van der Waals surface area contributed by atoms with Gasteiger partial charge in [-0.05, 0) is 52.6 Å². The first-order chi connectivity index (χ1) is 17.9. The van der Waals surface area contributed by atoms with Gasteiger partial charge in [-0.2, -0.15) is 0 Å². The van der Waals surface area contributed by atoms with Gasteiger partial charge in [0.2, 0.25) is 0 Å². The van der Waals surface area contributed by atoms with Crippen LogP contribution in [0.15, 0.2) is 109 Å². The topological polar surface area (TPSA) is 61.8 Å². The van der Waals surface area contributed by atoms with Crippen molar-refractivity contribution in [2.24, 2.45) is 0 Å². The Bertz CT molecular complexity index is 1290. The third-order valence-corrected chi connectivity index (χ3v) is 6.13. The first-order valence-corrected chi connectivity index (χ1v) is 11.9. The summed E-state index contributed by atoms with van der Waals surface area (Å²) in [5.74, 6) is -0.935. The third-order valence-electron chi connectivity index (χ3n) is 5.86. The monoisotopic (exact) mass is 518 g/mol. The van der Waals surface area contributed by atoms with Crippen LogP contribution < -0.4 is 4.74 Å². The molecular formula is C30H24ClFO5. The van der Waals surface area contributed by atoms with Crippen molar-refractivity contribution in [2.75, 3.05) is 7.11 Å². The number of rotatable bonds is 10. The van der Waals surface area contributed by atoms with Crippen molar-refractivity contribution in [3.63, 3.8) is 0 Å². The zero-order valence-electron chi connectivity index (χ0n) is 20.0. The fourth-order valence-corrected chi connectivity index (χ4v) is 4.12. The van der Waals surface area contributed by atoms with E-state index in [1.54, 1.807) is 31.4 Å². The van der Waals surface area contributed by atoms with Crippen molar-refractivity contribution in [1.29, 1.82) is 0 Å². The van der Waals surface area contributed by atoms with Crippen LogP contribution in [0.2, 0.25) is 0 Å². The van der Waals surface area contributed by atoms with Crippen LogP contribution in [0, 0.1) is 5.82 Å². The lowest BCUT2D eigenvalue weighted by molar-refractivity contribution is -0.181. The molecule has 0 spiro atoms. The van der Waals surface area contributed by atoms with E-state index in [9.17, 15) is 14.0 Å². The maximum absolute atomic E-state index is 13.9. The molecule has 1 atom stereocenters. The molecule has 0 heterocycles. The van der Waals surface area contributed by atoms with Crippen molar-refractivity contribution in [3.05, 3.63) is 137 Å². The van der Waals surface area contributed by atoms with Crippen LogP contribution in [0.25, 0.3) is 0 Å². The van der Waals surface area contributed by atoms with Gasteiger partial charge in [0.1, 0.15) is 11.6 Å². The smallest absolute Gasteiger partial charge is 0.353 e. The highest BCUT2D eigenvalue weighted by Crippen LogP contribution is 2.36. The average molecular weight is 519 g/mol. The molecule has 0 aromatic heterocycles. The molecule has 0 bridgehead atoms. The highest BCUT2D eigenvalue weighted by Gasteiger charge is 2.51. The average Bonchev–Trinajstić information content (AvgIpc) is 2.94. The normalized spacial score (nSPS) is 12.5. The molecular weight excluding hydrogens is 495 g/mol. The number of methoxy groups -OCH3 is 1. The van der Waals surface area contributed by atoms with Gasteiger partial charge in [-0.15, -0.1) is 0 Å². The molecule has 5 nitrogen and oxygen atoms in total. The van der Waals surface area contributed by atoms with Crippen molar-refractivity contribution >= 4 is 22.8 Å². The number of carbonyl (C=O) groups is 2. The zero-order chi connectivity index (χ0) is 26.3. The maximum Gasteiger partial charge on any atom is 0.353 e. The molecule has 0 fully saturated rings. The number of hydrogen-bond donors (Lipinski definition) is 0. The molecule has 0 N–H and O–H groups in total. The molecule has 4 aromatic rings. The van der Waals surface area contributed by atoms with Crippen molar-refractivity contribution in [3.8, 4) is 5.75 Å². The summed E-state index contributed by atoms with van der Waals surface area (Å²) >= 11 is 6.08. The highest BCUT2D eigenvalue weighted by atomic mass is 35.5. The second-order valence-electron chi connectivity index (χ2n) is 8.21.